The summed E-state index contributed by atoms with van der Waals surface area (Å²) in [5, 5.41) is 10.3. The zero-order valence-corrected chi connectivity index (χ0v) is 12.3. The fourth-order valence-corrected chi connectivity index (χ4v) is 2.43. The van der Waals surface area contributed by atoms with Crippen LogP contribution >= 0.6 is 0 Å². The van der Waals surface area contributed by atoms with Gasteiger partial charge in [-0.1, -0.05) is 26.8 Å². The van der Waals surface area contributed by atoms with Gasteiger partial charge in [0.25, 0.3) is 0 Å². The summed E-state index contributed by atoms with van der Waals surface area (Å²) >= 11 is 0. The summed E-state index contributed by atoms with van der Waals surface area (Å²) in [5.74, 6) is 0. The Hall–Kier alpha value is -1.55. The molecule has 0 fully saturated rings. The zero-order chi connectivity index (χ0) is 14.4. The van der Waals surface area contributed by atoms with Crippen molar-refractivity contribution in [2.45, 2.75) is 33.3 Å². The first kappa shape index (κ1) is 13.9. The Bertz CT molecular complexity index is 659. The maximum Gasteiger partial charge on any atom is 0.328 e. The third-order valence-electron chi connectivity index (χ3n) is 3.49. The van der Waals surface area contributed by atoms with E-state index < -0.39 is 6.10 Å². The van der Waals surface area contributed by atoms with Crippen LogP contribution in [-0.2, 0) is 14.1 Å². The number of hydrogen-bond donors (Lipinski definition) is 1. The number of aliphatic hydroxyl groups excluding tert-OH is 1. The topological polar surface area (TPSA) is 47.2 Å². The molecule has 0 saturated heterocycles. The van der Waals surface area contributed by atoms with Crippen molar-refractivity contribution in [3.8, 4) is 0 Å². The molecule has 1 atom stereocenters. The molecule has 2 rings (SSSR count). The number of hydrogen-bond acceptors (Lipinski definition) is 2. The van der Waals surface area contributed by atoms with Crippen LogP contribution < -0.4 is 5.69 Å². The second-order valence-corrected chi connectivity index (χ2v) is 6.43. The highest BCUT2D eigenvalue weighted by Crippen LogP contribution is 2.30. The molecule has 1 aromatic carbocycles. The molecule has 19 heavy (non-hydrogen) atoms. The second kappa shape index (κ2) is 4.53. The van der Waals surface area contributed by atoms with Gasteiger partial charge in [0.1, 0.15) is 0 Å². The molecule has 0 spiro atoms. The molecule has 1 N–H and O–H groups in total. The molecule has 0 amide bonds. The van der Waals surface area contributed by atoms with E-state index in [1.54, 1.807) is 23.2 Å². The molecule has 1 unspecified atom stereocenters. The summed E-state index contributed by atoms with van der Waals surface area (Å²) in [6.45, 7) is 6.31. The van der Waals surface area contributed by atoms with Gasteiger partial charge in [-0.15, -0.1) is 0 Å². The molecular weight excluding hydrogens is 240 g/mol. The van der Waals surface area contributed by atoms with Crippen LogP contribution in [0.3, 0.4) is 0 Å². The van der Waals surface area contributed by atoms with Crippen LogP contribution in [0, 0.1) is 5.41 Å². The van der Waals surface area contributed by atoms with Crippen molar-refractivity contribution in [1.29, 1.82) is 0 Å². The van der Waals surface area contributed by atoms with E-state index >= 15 is 0 Å². The summed E-state index contributed by atoms with van der Waals surface area (Å²) in [4.78, 5) is 11.9. The molecule has 0 aliphatic carbocycles. The first-order chi connectivity index (χ1) is 8.70. The molecule has 0 bridgehead atoms. The van der Waals surface area contributed by atoms with E-state index in [0.717, 1.165) is 16.6 Å². The number of imidazole rings is 1. The largest absolute Gasteiger partial charge is 0.388 e. The van der Waals surface area contributed by atoms with Crippen molar-refractivity contribution in [3.05, 3.63) is 34.2 Å². The Morgan fingerprint density at radius 2 is 1.74 bits per heavy atom. The lowest BCUT2D eigenvalue weighted by Crippen LogP contribution is -2.19. The first-order valence-electron chi connectivity index (χ1n) is 6.54. The van der Waals surface area contributed by atoms with Crippen LogP contribution in [-0.4, -0.2) is 14.2 Å². The molecule has 0 aliphatic rings. The summed E-state index contributed by atoms with van der Waals surface area (Å²) in [6.07, 6.45) is 0.193. The molecule has 1 heterocycles. The predicted octanol–water partition coefficient (Wildman–Crippen LogP) is 2.35. The van der Waals surface area contributed by atoms with Crippen LogP contribution in [0.4, 0.5) is 0 Å². The van der Waals surface area contributed by atoms with Crippen LogP contribution in [0.25, 0.3) is 11.0 Å². The van der Waals surface area contributed by atoms with Gasteiger partial charge in [-0.05, 0) is 29.5 Å². The number of aliphatic hydroxyl groups is 1. The number of aryl methyl sites for hydroxylation is 2. The number of aromatic nitrogens is 2. The number of benzene rings is 1. The molecule has 104 valence electrons. The van der Waals surface area contributed by atoms with E-state index in [1.807, 2.05) is 18.2 Å². The minimum Gasteiger partial charge on any atom is -0.388 e. The Labute approximate surface area is 113 Å². The minimum atomic E-state index is -0.500. The van der Waals surface area contributed by atoms with Crippen molar-refractivity contribution in [3.63, 3.8) is 0 Å². The lowest BCUT2D eigenvalue weighted by Gasteiger charge is -2.22. The van der Waals surface area contributed by atoms with Gasteiger partial charge >= 0.3 is 5.69 Å². The predicted molar refractivity (Wildman–Crippen MR) is 77.2 cm³/mol. The first-order valence-corrected chi connectivity index (χ1v) is 6.54. The average molecular weight is 262 g/mol. The lowest BCUT2D eigenvalue weighted by atomic mass is 9.87. The molecule has 0 radical (unpaired) electrons. The quantitative estimate of drug-likeness (QED) is 0.903. The van der Waals surface area contributed by atoms with Crippen LogP contribution in [0.1, 0.15) is 38.9 Å². The minimum absolute atomic E-state index is 0.0440. The SMILES string of the molecule is Cn1c(=O)n(C)c2cc(C(O)CC(C)(C)C)ccc21. The fraction of sp³-hybridized carbons (Fsp3) is 0.533. The Morgan fingerprint density at radius 1 is 1.16 bits per heavy atom. The monoisotopic (exact) mass is 262 g/mol. The van der Waals surface area contributed by atoms with Crippen LogP contribution in [0.2, 0.25) is 0 Å². The smallest absolute Gasteiger partial charge is 0.328 e. The van der Waals surface area contributed by atoms with E-state index in [-0.39, 0.29) is 11.1 Å². The molecule has 1 aromatic heterocycles. The molecule has 2 aromatic rings. The Balaban J connectivity index is 2.48. The van der Waals surface area contributed by atoms with Gasteiger partial charge in [0, 0.05) is 14.1 Å². The van der Waals surface area contributed by atoms with Gasteiger partial charge in [-0.25, -0.2) is 4.79 Å². The van der Waals surface area contributed by atoms with E-state index in [2.05, 4.69) is 20.8 Å². The van der Waals surface area contributed by atoms with Gasteiger partial charge in [0.05, 0.1) is 17.1 Å². The van der Waals surface area contributed by atoms with Gasteiger partial charge in [0.15, 0.2) is 0 Å². The van der Waals surface area contributed by atoms with Crippen molar-refractivity contribution < 1.29 is 5.11 Å². The second-order valence-electron chi connectivity index (χ2n) is 6.43. The van der Waals surface area contributed by atoms with Crippen molar-refractivity contribution >= 4 is 11.0 Å². The number of fused-ring (bicyclic) bond motifs is 1. The maximum absolute atomic E-state index is 11.9. The van der Waals surface area contributed by atoms with E-state index in [4.69, 9.17) is 0 Å². The van der Waals surface area contributed by atoms with Crippen molar-refractivity contribution in [2.24, 2.45) is 19.5 Å². The van der Waals surface area contributed by atoms with Gasteiger partial charge in [0.2, 0.25) is 0 Å². The third-order valence-corrected chi connectivity index (χ3v) is 3.49. The van der Waals surface area contributed by atoms with Crippen molar-refractivity contribution in [1.82, 2.24) is 9.13 Å². The van der Waals surface area contributed by atoms with Crippen LogP contribution in [0.15, 0.2) is 23.0 Å². The zero-order valence-electron chi connectivity index (χ0n) is 12.3. The number of nitrogens with zero attached hydrogens (tertiary/aromatic N) is 2. The van der Waals surface area contributed by atoms with Gasteiger partial charge in [-0.2, -0.15) is 0 Å². The fourth-order valence-electron chi connectivity index (χ4n) is 2.43. The molecule has 4 nitrogen and oxygen atoms in total. The summed E-state index contributed by atoms with van der Waals surface area (Å²) in [7, 11) is 3.51. The van der Waals surface area contributed by atoms with E-state index in [1.165, 1.54) is 0 Å². The molecular formula is C15H22N2O2. The third kappa shape index (κ3) is 2.59. The van der Waals surface area contributed by atoms with E-state index in [0.29, 0.717) is 6.42 Å². The molecule has 0 saturated carbocycles. The molecule has 4 heteroatoms. The Kier molecular flexibility index (Phi) is 3.31. The number of rotatable bonds is 2. The summed E-state index contributed by atoms with van der Waals surface area (Å²) in [6, 6.07) is 5.71. The summed E-state index contributed by atoms with van der Waals surface area (Å²) < 4.78 is 3.23. The van der Waals surface area contributed by atoms with E-state index in [9.17, 15) is 9.90 Å². The highest BCUT2D eigenvalue weighted by molar-refractivity contribution is 5.76. The maximum atomic E-state index is 11.9. The van der Waals surface area contributed by atoms with Gasteiger partial charge in [-0.3, -0.25) is 9.13 Å². The van der Waals surface area contributed by atoms with Crippen molar-refractivity contribution in [2.75, 3.05) is 0 Å². The Morgan fingerprint density at radius 3 is 2.32 bits per heavy atom. The highest BCUT2D eigenvalue weighted by atomic mass is 16.3. The molecule has 0 aliphatic heterocycles. The normalized spacial score (nSPS) is 14.0. The van der Waals surface area contributed by atoms with Gasteiger partial charge < -0.3 is 5.11 Å². The average Bonchev–Trinajstić information content (AvgIpc) is 2.52. The lowest BCUT2D eigenvalue weighted by molar-refractivity contribution is 0.122. The summed E-state index contributed by atoms with van der Waals surface area (Å²) in [5.41, 5.74) is 2.63. The van der Waals surface area contributed by atoms with Crippen LogP contribution in [0.5, 0.6) is 0 Å². The standard InChI is InChI=1S/C15H22N2O2/c1-15(2,3)9-13(18)10-6-7-11-12(8-10)17(5)14(19)16(11)4/h6-8,13,18H,9H2,1-5H3. The highest BCUT2D eigenvalue weighted by Gasteiger charge is 2.19.